The van der Waals surface area contributed by atoms with Gasteiger partial charge in [-0.2, -0.15) is 0 Å². The molecule has 0 atom stereocenters. The highest BCUT2D eigenvalue weighted by atomic mass is 32.2. The first-order chi connectivity index (χ1) is 9.40. The van der Waals surface area contributed by atoms with Crippen molar-refractivity contribution in [1.29, 1.82) is 0 Å². The van der Waals surface area contributed by atoms with Gasteiger partial charge in [-0.15, -0.1) is 0 Å². The number of hydrogen-bond acceptors (Lipinski definition) is 5. The first kappa shape index (κ1) is 13.3. The molecule has 106 valence electrons. The molecule has 1 aliphatic rings. The number of benzene rings is 1. The Balaban J connectivity index is 1.84. The van der Waals surface area contributed by atoms with E-state index in [0.717, 1.165) is 23.8 Å². The van der Waals surface area contributed by atoms with Gasteiger partial charge in [-0.1, -0.05) is 11.3 Å². The van der Waals surface area contributed by atoms with E-state index >= 15 is 0 Å². The summed E-state index contributed by atoms with van der Waals surface area (Å²) < 4.78 is 25.5. The number of carbonyl (C=O) groups excluding carboxylic acids is 1. The summed E-state index contributed by atoms with van der Waals surface area (Å²) in [5, 5.41) is 3.18. The normalized spacial score (nSPS) is 15.2. The van der Waals surface area contributed by atoms with Crippen LogP contribution in [0.4, 0.5) is 10.8 Å². The number of carbonyl (C=O) groups is 1. The van der Waals surface area contributed by atoms with Crippen LogP contribution in [0.3, 0.4) is 0 Å². The maximum atomic E-state index is 11.7. The molecule has 1 heterocycles. The fourth-order valence-corrected chi connectivity index (χ4v) is 3.53. The lowest BCUT2D eigenvalue weighted by Crippen LogP contribution is -2.12. The van der Waals surface area contributed by atoms with Gasteiger partial charge in [0.05, 0.1) is 16.5 Å². The van der Waals surface area contributed by atoms with Crippen molar-refractivity contribution in [2.75, 3.05) is 16.3 Å². The molecule has 2 N–H and O–H groups in total. The second-order valence-electron chi connectivity index (χ2n) is 4.84. The summed E-state index contributed by atoms with van der Waals surface area (Å²) in [7, 11) is -3.33. The second-order valence-corrected chi connectivity index (χ2v) is 7.62. The quantitative estimate of drug-likeness (QED) is 0.904. The zero-order valence-corrected chi connectivity index (χ0v) is 12.3. The summed E-state index contributed by atoms with van der Waals surface area (Å²) in [6.07, 6.45) is 2.99. The van der Waals surface area contributed by atoms with Crippen molar-refractivity contribution >= 4 is 48.3 Å². The SMILES string of the molecule is CS(=O)(=O)Nc1nc2ccc(NC(=O)C3CC3)cc2s1. The molecule has 1 saturated carbocycles. The number of sulfonamides is 1. The first-order valence-corrected chi connectivity index (χ1v) is 8.81. The van der Waals surface area contributed by atoms with Crippen LogP contribution in [-0.2, 0) is 14.8 Å². The molecule has 2 aromatic rings. The van der Waals surface area contributed by atoms with Crippen molar-refractivity contribution in [3.05, 3.63) is 18.2 Å². The predicted octanol–water partition coefficient (Wildman–Crippen LogP) is 2.02. The van der Waals surface area contributed by atoms with E-state index in [0.29, 0.717) is 16.3 Å². The van der Waals surface area contributed by atoms with Gasteiger partial charge in [0.25, 0.3) is 0 Å². The summed E-state index contributed by atoms with van der Waals surface area (Å²) in [5.74, 6) is 0.193. The molecule has 0 radical (unpaired) electrons. The lowest BCUT2D eigenvalue weighted by molar-refractivity contribution is -0.117. The first-order valence-electron chi connectivity index (χ1n) is 6.10. The van der Waals surface area contributed by atoms with Gasteiger partial charge in [-0.05, 0) is 31.0 Å². The van der Waals surface area contributed by atoms with E-state index < -0.39 is 10.0 Å². The van der Waals surface area contributed by atoms with Crippen LogP contribution in [0.5, 0.6) is 0 Å². The third-order valence-corrected chi connectivity index (χ3v) is 4.50. The third kappa shape index (κ3) is 3.07. The molecule has 0 saturated heterocycles. The van der Waals surface area contributed by atoms with E-state index in [1.54, 1.807) is 18.2 Å². The van der Waals surface area contributed by atoms with Crippen LogP contribution in [0.2, 0.25) is 0 Å². The number of anilines is 2. The Morgan fingerprint density at radius 3 is 2.80 bits per heavy atom. The van der Waals surface area contributed by atoms with E-state index in [-0.39, 0.29) is 11.8 Å². The Bertz CT molecular complexity index is 778. The molecule has 1 aliphatic carbocycles. The van der Waals surface area contributed by atoms with E-state index in [1.807, 2.05) is 0 Å². The molecular weight excluding hydrogens is 298 g/mol. The molecular formula is C12H13N3O3S2. The van der Waals surface area contributed by atoms with Gasteiger partial charge in [0.2, 0.25) is 15.9 Å². The van der Waals surface area contributed by atoms with E-state index in [1.165, 1.54) is 11.3 Å². The molecule has 0 unspecified atom stereocenters. The maximum absolute atomic E-state index is 11.7. The number of thiazole rings is 1. The Morgan fingerprint density at radius 2 is 2.15 bits per heavy atom. The molecule has 1 fully saturated rings. The summed E-state index contributed by atoms with van der Waals surface area (Å²) >= 11 is 1.24. The van der Waals surface area contributed by atoms with Crippen molar-refractivity contribution in [2.24, 2.45) is 5.92 Å². The van der Waals surface area contributed by atoms with Gasteiger partial charge in [0.1, 0.15) is 0 Å². The van der Waals surface area contributed by atoms with E-state index in [9.17, 15) is 13.2 Å². The lowest BCUT2D eigenvalue weighted by Gasteiger charge is -2.03. The third-order valence-electron chi connectivity index (χ3n) is 2.88. The second kappa shape index (κ2) is 4.71. The van der Waals surface area contributed by atoms with Crippen molar-refractivity contribution in [3.8, 4) is 0 Å². The number of aromatic nitrogens is 1. The summed E-state index contributed by atoms with van der Waals surface area (Å²) in [6.45, 7) is 0. The molecule has 0 bridgehead atoms. The molecule has 6 nitrogen and oxygen atoms in total. The summed E-state index contributed by atoms with van der Waals surface area (Å²) in [5.41, 5.74) is 1.41. The fourth-order valence-electron chi connectivity index (χ4n) is 1.79. The van der Waals surface area contributed by atoms with Crippen LogP contribution in [0, 0.1) is 5.92 Å². The van der Waals surface area contributed by atoms with Gasteiger partial charge in [-0.3, -0.25) is 9.52 Å². The average molecular weight is 311 g/mol. The minimum atomic E-state index is -3.33. The largest absolute Gasteiger partial charge is 0.326 e. The lowest BCUT2D eigenvalue weighted by atomic mass is 10.3. The van der Waals surface area contributed by atoms with E-state index in [2.05, 4.69) is 15.0 Å². The van der Waals surface area contributed by atoms with Crippen molar-refractivity contribution < 1.29 is 13.2 Å². The molecule has 3 rings (SSSR count). The molecule has 8 heteroatoms. The van der Waals surface area contributed by atoms with E-state index in [4.69, 9.17) is 0 Å². The van der Waals surface area contributed by atoms with Crippen LogP contribution in [0.25, 0.3) is 10.2 Å². The number of fused-ring (bicyclic) bond motifs is 1. The van der Waals surface area contributed by atoms with Gasteiger partial charge < -0.3 is 5.32 Å². The molecule has 1 aromatic heterocycles. The highest BCUT2D eigenvalue weighted by Crippen LogP contribution is 2.32. The molecule has 20 heavy (non-hydrogen) atoms. The molecule has 0 aliphatic heterocycles. The zero-order chi connectivity index (χ0) is 14.3. The Kier molecular flexibility index (Phi) is 3.14. The van der Waals surface area contributed by atoms with Gasteiger partial charge in [-0.25, -0.2) is 13.4 Å². The van der Waals surface area contributed by atoms with Crippen LogP contribution in [-0.4, -0.2) is 25.6 Å². The molecule has 0 spiro atoms. The Morgan fingerprint density at radius 1 is 1.40 bits per heavy atom. The van der Waals surface area contributed by atoms with Gasteiger partial charge in [0.15, 0.2) is 5.13 Å². The van der Waals surface area contributed by atoms with Crippen molar-refractivity contribution in [1.82, 2.24) is 4.98 Å². The average Bonchev–Trinajstić information content (AvgIpc) is 3.09. The standard InChI is InChI=1S/C12H13N3O3S2/c1-20(17,18)15-12-14-9-5-4-8(6-10(9)19-12)13-11(16)7-2-3-7/h4-7H,2-3H2,1H3,(H,13,16)(H,14,15). The minimum Gasteiger partial charge on any atom is -0.326 e. The topological polar surface area (TPSA) is 88.2 Å². The minimum absolute atomic E-state index is 0.0448. The highest BCUT2D eigenvalue weighted by molar-refractivity contribution is 7.92. The number of nitrogens with zero attached hydrogens (tertiary/aromatic N) is 1. The predicted molar refractivity (Wildman–Crippen MR) is 79.4 cm³/mol. The highest BCUT2D eigenvalue weighted by Gasteiger charge is 2.29. The van der Waals surface area contributed by atoms with Crippen molar-refractivity contribution in [3.63, 3.8) is 0 Å². The van der Waals surface area contributed by atoms with Crippen LogP contribution >= 0.6 is 11.3 Å². The number of hydrogen-bond donors (Lipinski definition) is 2. The molecule has 1 aromatic carbocycles. The van der Waals surface area contributed by atoms with Crippen LogP contribution < -0.4 is 10.0 Å². The number of amides is 1. The van der Waals surface area contributed by atoms with Crippen LogP contribution in [0.1, 0.15) is 12.8 Å². The van der Waals surface area contributed by atoms with Gasteiger partial charge >= 0.3 is 0 Å². The van der Waals surface area contributed by atoms with Crippen LogP contribution in [0.15, 0.2) is 18.2 Å². The monoisotopic (exact) mass is 311 g/mol. The zero-order valence-electron chi connectivity index (χ0n) is 10.7. The smallest absolute Gasteiger partial charge is 0.231 e. The summed E-state index contributed by atoms with van der Waals surface area (Å²) in [6, 6.07) is 5.34. The Hall–Kier alpha value is -1.67. The fraction of sp³-hybridized carbons (Fsp3) is 0.333. The maximum Gasteiger partial charge on any atom is 0.231 e. The molecule has 1 amide bonds. The Labute approximate surface area is 120 Å². The summed E-state index contributed by atoms with van der Waals surface area (Å²) in [4.78, 5) is 15.9. The number of rotatable bonds is 4. The van der Waals surface area contributed by atoms with Crippen molar-refractivity contribution in [2.45, 2.75) is 12.8 Å². The number of nitrogens with one attached hydrogen (secondary N) is 2. The van der Waals surface area contributed by atoms with Gasteiger partial charge in [0, 0.05) is 11.6 Å².